The van der Waals surface area contributed by atoms with E-state index in [1.54, 1.807) is 0 Å². The summed E-state index contributed by atoms with van der Waals surface area (Å²) in [5.41, 5.74) is 14.8. The van der Waals surface area contributed by atoms with Crippen molar-refractivity contribution in [2.24, 2.45) is 23.3 Å². The third kappa shape index (κ3) is 12.5. The number of nitrogens with two attached hydrogens (primary N) is 2. The minimum absolute atomic E-state index is 0.0112. The second kappa shape index (κ2) is 17.3. The lowest BCUT2D eigenvalue weighted by atomic mass is 9.97. The molecule has 0 saturated heterocycles. The molecule has 0 saturated carbocycles. The Balaban J connectivity index is 1.32. The van der Waals surface area contributed by atoms with Crippen molar-refractivity contribution in [3.63, 3.8) is 0 Å². The summed E-state index contributed by atoms with van der Waals surface area (Å²) in [7, 11) is 0. The Morgan fingerprint density at radius 2 is 1.91 bits per heavy atom. The van der Waals surface area contributed by atoms with Gasteiger partial charge in [0.15, 0.2) is 0 Å². The third-order valence-corrected chi connectivity index (χ3v) is 7.91. The number of aryl methyl sites for hydroxylation is 1. The molecule has 43 heavy (non-hydrogen) atoms. The minimum atomic E-state index is -0.542. The molecule has 1 aliphatic carbocycles. The zero-order valence-corrected chi connectivity index (χ0v) is 26.2. The van der Waals surface area contributed by atoms with Gasteiger partial charge in [-0.3, -0.25) is 14.4 Å². The van der Waals surface area contributed by atoms with Crippen LogP contribution < -0.4 is 27.4 Å². The first-order valence-electron chi connectivity index (χ1n) is 14.9. The van der Waals surface area contributed by atoms with E-state index < -0.39 is 6.17 Å². The number of aromatic nitrogens is 2. The molecule has 2 aromatic rings. The summed E-state index contributed by atoms with van der Waals surface area (Å²) in [6.45, 7) is 5.63. The van der Waals surface area contributed by atoms with Gasteiger partial charge in [0, 0.05) is 30.9 Å². The predicted octanol–water partition coefficient (Wildman–Crippen LogP) is 4.42. The quantitative estimate of drug-likeness (QED) is 0.139. The van der Waals surface area contributed by atoms with Crippen LogP contribution in [0.25, 0.3) is 0 Å². The first-order chi connectivity index (χ1) is 20.6. The Hall–Kier alpha value is -3.83. The Morgan fingerprint density at radius 1 is 1.09 bits per heavy atom. The molecule has 3 amide bonds. The summed E-state index contributed by atoms with van der Waals surface area (Å²) in [6.07, 6.45) is 14.6. The van der Waals surface area contributed by atoms with Crippen molar-refractivity contribution in [2.75, 3.05) is 5.32 Å². The van der Waals surface area contributed by atoms with Crippen LogP contribution in [-0.4, -0.2) is 34.1 Å². The standard InChI is InChI=1S/C32H45N7O3S/c1-21(2)31(42)35-22(3)25-13-9-12-24(18-25)20-28(40)36-27(34)17-16-26(33)14-7-8-15-30-38-39-32(43-30)37-29(41)19-23-10-5-4-6-11-23/h4-6,9-10,12-13,16,18,21-23,27H,7-8,11,14-15,17,19-20,33-34H2,1-3H3,(H,35,42)(H,36,40)(H,37,39,41)/b26-16-. The van der Waals surface area contributed by atoms with Crippen LogP contribution in [0.2, 0.25) is 0 Å². The highest BCUT2D eigenvalue weighted by molar-refractivity contribution is 7.15. The van der Waals surface area contributed by atoms with Crippen LogP contribution in [0, 0.1) is 11.8 Å². The number of rotatable bonds is 16. The van der Waals surface area contributed by atoms with Crippen LogP contribution in [0.4, 0.5) is 5.13 Å². The average Bonchev–Trinajstić information content (AvgIpc) is 3.41. The number of allylic oxidation sites excluding steroid dienone is 5. The van der Waals surface area contributed by atoms with Crippen LogP contribution in [-0.2, 0) is 27.2 Å². The monoisotopic (exact) mass is 607 g/mol. The fourth-order valence-electron chi connectivity index (χ4n) is 4.52. The number of nitrogens with zero attached hydrogens (tertiary/aromatic N) is 2. The van der Waals surface area contributed by atoms with Crippen molar-refractivity contribution in [1.29, 1.82) is 0 Å². The van der Waals surface area contributed by atoms with Crippen LogP contribution in [0.15, 0.2) is 60.3 Å². The number of anilines is 1. The van der Waals surface area contributed by atoms with Crippen molar-refractivity contribution in [3.05, 3.63) is 76.5 Å². The molecule has 1 aliphatic rings. The molecule has 0 fully saturated rings. The molecule has 3 atom stereocenters. The normalized spacial score (nSPS) is 16.1. The zero-order valence-electron chi connectivity index (χ0n) is 25.3. The fourth-order valence-corrected chi connectivity index (χ4v) is 5.32. The van der Waals surface area contributed by atoms with Gasteiger partial charge in [-0.1, -0.05) is 79.8 Å². The topological polar surface area (TPSA) is 165 Å². The first kappa shape index (κ1) is 33.7. The maximum atomic E-state index is 12.6. The average molecular weight is 608 g/mol. The highest BCUT2D eigenvalue weighted by Crippen LogP contribution is 2.21. The molecule has 11 heteroatoms. The van der Waals surface area contributed by atoms with E-state index in [0.717, 1.165) is 47.5 Å². The molecule has 3 rings (SSSR count). The predicted molar refractivity (Wildman–Crippen MR) is 172 cm³/mol. The van der Waals surface area contributed by atoms with Gasteiger partial charge in [-0.25, -0.2) is 0 Å². The van der Waals surface area contributed by atoms with Gasteiger partial charge in [-0.05, 0) is 49.7 Å². The summed E-state index contributed by atoms with van der Waals surface area (Å²) in [5, 5.41) is 18.4. The van der Waals surface area contributed by atoms with Crippen LogP contribution in [0.5, 0.6) is 0 Å². The van der Waals surface area contributed by atoms with E-state index >= 15 is 0 Å². The zero-order chi connectivity index (χ0) is 31.2. The lowest BCUT2D eigenvalue weighted by molar-refractivity contribution is -0.124. The van der Waals surface area contributed by atoms with Gasteiger partial charge in [-0.2, -0.15) is 0 Å². The number of hydrogen-bond donors (Lipinski definition) is 5. The lowest BCUT2D eigenvalue weighted by Crippen LogP contribution is -2.42. The van der Waals surface area contributed by atoms with Crippen molar-refractivity contribution in [1.82, 2.24) is 20.8 Å². The van der Waals surface area contributed by atoms with E-state index in [2.05, 4.69) is 38.3 Å². The molecule has 3 unspecified atom stereocenters. The van der Waals surface area contributed by atoms with Gasteiger partial charge in [0.1, 0.15) is 5.01 Å². The summed E-state index contributed by atoms with van der Waals surface area (Å²) < 4.78 is 0. The molecular weight excluding hydrogens is 562 g/mol. The van der Waals surface area contributed by atoms with Gasteiger partial charge in [0.05, 0.1) is 18.6 Å². The van der Waals surface area contributed by atoms with E-state index in [0.29, 0.717) is 24.4 Å². The summed E-state index contributed by atoms with van der Waals surface area (Å²) in [4.78, 5) is 36.8. The third-order valence-electron chi connectivity index (χ3n) is 7.02. The summed E-state index contributed by atoms with van der Waals surface area (Å²) in [5.74, 6) is -0.100. The van der Waals surface area contributed by atoms with E-state index in [-0.39, 0.29) is 42.0 Å². The maximum Gasteiger partial charge on any atom is 0.226 e. The highest BCUT2D eigenvalue weighted by Gasteiger charge is 2.15. The van der Waals surface area contributed by atoms with Crippen molar-refractivity contribution >= 4 is 34.2 Å². The molecule has 0 aliphatic heterocycles. The molecule has 232 valence electrons. The Labute approximate surface area is 258 Å². The van der Waals surface area contributed by atoms with Gasteiger partial charge < -0.3 is 27.4 Å². The minimum Gasteiger partial charge on any atom is -0.402 e. The second-order valence-electron chi connectivity index (χ2n) is 11.3. The summed E-state index contributed by atoms with van der Waals surface area (Å²) in [6, 6.07) is 7.49. The van der Waals surface area contributed by atoms with Gasteiger partial charge in [0.25, 0.3) is 0 Å². The molecule has 0 bridgehead atoms. The molecule has 7 N–H and O–H groups in total. The number of carbonyl (C=O) groups is 3. The SMILES string of the molecule is CC(C)C(=O)NC(C)c1cccc(CC(=O)NC(N)C/C=C(\N)CCCCc2nnc(NC(=O)CC3C=CC=CC3)s2)c1. The number of hydrogen-bond acceptors (Lipinski definition) is 8. The molecule has 1 aromatic carbocycles. The number of carbonyl (C=O) groups excluding carboxylic acids is 3. The Kier molecular flexibility index (Phi) is 13.6. The van der Waals surface area contributed by atoms with Crippen molar-refractivity contribution in [3.8, 4) is 0 Å². The summed E-state index contributed by atoms with van der Waals surface area (Å²) >= 11 is 1.40. The number of amides is 3. The van der Waals surface area contributed by atoms with E-state index in [4.69, 9.17) is 11.5 Å². The molecule has 10 nitrogen and oxygen atoms in total. The van der Waals surface area contributed by atoms with E-state index in [1.165, 1.54) is 11.3 Å². The van der Waals surface area contributed by atoms with Crippen LogP contribution in [0.3, 0.4) is 0 Å². The maximum absolute atomic E-state index is 12.6. The molecule has 0 radical (unpaired) electrons. The Morgan fingerprint density at radius 3 is 2.65 bits per heavy atom. The van der Waals surface area contributed by atoms with Crippen molar-refractivity contribution < 1.29 is 14.4 Å². The van der Waals surface area contributed by atoms with Gasteiger partial charge >= 0.3 is 0 Å². The molecule has 1 heterocycles. The largest absolute Gasteiger partial charge is 0.402 e. The number of benzene rings is 1. The van der Waals surface area contributed by atoms with Crippen molar-refractivity contribution in [2.45, 2.75) is 84.3 Å². The number of nitrogens with one attached hydrogen (secondary N) is 3. The van der Waals surface area contributed by atoms with Gasteiger partial charge in [-0.15, -0.1) is 10.2 Å². The van der Waals surface area contributed by atoms with Crippen LogP contribution >= 0.6 is 11.3 Å². The Bertz CT molecular complexity index is 1320. The lowest BCUT2D eigenvalue weighted by Gasteiger charge is -2.17. The van der Waals surface area contributed by atoms with E-state index in [1.807, 2.05) is 63.3 Å². The smallest absolute Gasteiger partial charge is 0.226 e. The molecule has 0 spiro atoms. The first-order valence-corrected chi connectivity index (χ1v) is 15.7. The molecule has 1 aromatic heterocycles. The fraction of sp³-hybridized carbons (Fsp3) is 0.469. The number of unbranched alkanes of at least 4 members (excludes halogenated alkanes) is 1. The van der Waals surface area contributed by atoms with E-state index in [9.17, 15) is 14.4 Å². The molecular formula is C32H45N7O3S. The van der Waals surface area contributed by atoms with Gasteiger partial charge in [0.2, 0.25) is 22.9 Å². The second-order valence-corrected chi connectivity index (χ2v) is 12.3. The highest BCUT2D eigenvalue weighted by atomic mass is 32.1. The van der Waals surface area contributed by atoms with Crippen LogP contribution in [0.1, 0.15) is 81.5 Å².